The number of nitrogens with zero attached hydrogens (tertiary/aromatic N) is 8. The van der Waals surface area contributed by atoms with Gasteiger partial charge in [-0.3, -0.25) is 9.69 Å². The molecule has 1 saturated carbocycles. The largest absolute Gasteiger partial charge is 0.480 e. The molecule has 1 fully saturated rings. The van der Waals surface area contributed by atoms with E-state index in [-0.39, 0.29) is 41.6 Å². The molecule has 1 aliphatic heterocycles. The lowest BCUT2D eigenvalue weighted by Crippen LogP contribution is -2.39. The summed E-state index contributed by atoms with van der Waals surface area (Å²) in [6.07, 6.45) is -0.214. The highest BCUT2D eigenvalue weighted by Gasteiger charge is 2.37. The number of carbonyl (C=O) groups is 1. The summed E-state index contributed by atoms with van der Waals surface area (Å²) < 4.78 is 64.1. The summed E-state index contributed by atoms with van der Waals surface area (Å²) >= 11 is 0. The molecule has 1 amide bonds. The van der Waals surface area contributed by atoms with Gasteiger partial charge in [0.25, 0.3) is 0 Å². The fourth-order valence-corrected chi connectivity index (χ4v) is 5.25. The summed E-state index contributed by atoms with van der Waals surface area (Å²) in [6, 6.07) is 3.14. The molecule has 2 aliphatic rings. The number of ether oxygens (including phenoxy) is 1. The van der Waals surface area contributed by atoms with Crippen LogP contribution in [0.2, 0.25) is 0 Å². The molecule has 4 heterocycles. The van der Waals surface area contributed by atoms with E-state index in [1.165, 1.54) is 35.0 Å². The molecule has 14 heteroatoms. The highest BCUT2D eigenvalue weighted by atomic mass is 19.4. The second kappa shape index (κ2) is 10.2. The SMILES string of the molecule is COc1ncnc(C2CC2)c1-c1nc2n(n1)CCC(=O)N2[C@@H](C)c1ccc(-c2nc(C(F)(F)F)cn2C(C)C)c(F)c1. The summed E-state index contributed by atoms with van der Waals surface area (Å²) in [5.41, 5.74) is 0.637. The molecule has 0 bridgehead atoms. The van der Waals surface area contributed by atoms with Crippen molar-refractivity contribution in [1.29, 1.82) is 0 Å². The van der Waals surface area contributed by atoms with E-state index in [4.69, 9.17) is 9.72 Å². The average molecular weight is 585 g/mol. The minimum absolute atomic E-state index is 0.0747. The van der Waals surface area contributed by atoms with Crippen LogP contribution in [0.3, 0.4) is 0 Å². The van der Waals surface area contributed by atoms with Crippen LogP contribution in [-0.4, -0.2) is 47.3 Å². The van der Waals surface area contributed by atoms with Gasteiger partial charge in [0.2, 0.25) is 17.7 Å². The van der Waals surface area contributed by atoms with Gasteiger partial charge in [-0.2, -0.15) is 18.2 Å². The molecular formula is C28H28F4N8O2. The first kappa shape index (κ1) is 27.8. The molecule has 220 valence electrons. The van der Waals surface area contributed by atoms with E-state index in [1.807, 2.05) is 0 Å². The zero-order valence-electron chi connectivity index (χ0n) is 23.4. The van der Waals surface area contributed by atoms with E-state index in [9.17, 15) is 18.0 Å². The molecule has 1 aliphatic carbocycles. The van der Waals surface area contributed by atoms with Crippen LogP contribution >= 0.6 is 0 Å². The zero-order valence-corrected chi connectivity index (χ0v) is 23.4. The van der Waals surface area contributed by atoms with Crippen LogP contribution in [-0.2, 0) is 17.5 Å². The van der Waals surface area contributed by atoms with Gasteiger partial charge < -0.3 is 9.30 Å². The number of hydrogen-bond donors (Lipinski definition) is 0. The summed E-state index contributed by atoms with van der Waals surface area (Å²) in [4.78, 5) is 31.7. The number of benzene rings is 1. The lowest BCUT2D eigenvalue weighted by molar-refractivity contribution is -0.141. The number of hydrogen-bond acceptors (Lipinski definition) is 7. The third-order valence-corrected chi connectivity index (χ3v) is 7.58. The number of aromatic nitrogens is 7. The first-order valence-corrected chi connectivity index (χ1v) is 13.6. The number of carbonyl (C=O) groups excluding carboxylic acids is 1. The number of aryl methyl sites for hydroxylation is 1. The van der Waals surface area contributed by atoms with E-state index in [0.29, 0.717) is 29.4 Å². The number of rotatable bonds is 7. The Morgan fingerprint density at radius 3 is 2.50 bits per heavy atom. The van der Waals surface area contributed by atoms with Gasteiger partial charge in [-0.15, -0.1) is 5.10 Å². The van der Waals surface area contributed by atoms with E-state index >= 15 is 4.39 Å². The Hall–Kier alpha value is -4.36. The molecule has 42 heavy (non-hydrogen) atoms. The molecule has 1 atom stereocenters. The van der Waals surface area contributed by atoms with Crippen molar-refractivity contribution < 1.29 is 27.1 Å². The Bertz CT molecular complexity index is 1670. The van der Waals surface area contributed by atoms with Gasteiger partial charge in [0.1, 0.15) is 23.5 Å². The number of anilines is 1. The number of halogens is 4. The first-order valence-electron chi connectivity index (χ1n) is 13.6. The van der Waals surface area contributed by atoms with Crippen LogP contribution in [0, 0.1) is 5.82 Å². The van der Waals surface area contributed by atoms with Crippen LogP contribution < -0.4 is 9.64 Å². The summed E-state index contributed by atoms with van der Waals surface area (Å²) in [6.45, 7) is 5.43. The van der Waals surface area contributed by atoms with E-state index in [0.717, 1.165) is 24.7 Å². The molecule has 3 aromatic heterocycles. The molecule has 6 rings (SSSR count). The summed E-state index contributed by atoms with van der Waals surface area (Å²) in [5.74, 6) is 0.114. The van der Waals surface area contributed by atoms with E-state index < -0.39 is 23.7 Å². The quantitative estimate of drug-likeness (QED) is 0.256. The molecule has 0 unspecified atom stereocenters. The van der Waals surface area contributed by atoms with Gasteiger partial charge in [0.05, 0.1) is 31.0 Å². The standard InChI is InChI=1S/C28H28F4N8O2/c1-14(2)38-12-20(28(30,31)32)35-25(38)18-8-7-17(11-19(18)29)15(3)40-21(41)9-10-39-27(40)36-24(37-39)22-23(16-5-6-16)33-13-34-26(22)42-4/h7-8,11-16H,5-6,9-10H2,1-4H3/t15-/m0/s1. The topological polar surface area (TPSA) is 104 Å². The number of alkyl halides is 3. The van der Waals surface area contributed by atoms with Gasteiger partial charge in [-0.1, -0.05) is 6.07 Å². The van der Waals surface area contributed by atoms with E-state index in [2.05, 4.69) is 20.1 Å². The number of methoxy groups -OCH3 is 1. The Morgan fingerprint density at radius 2 is 1.86 bits per heavy atom. The minimum atomic E-state index is -4.67. The third-order valence-electron chi connectivity index (χ3n) is 7.58. The van der Waals surface area contributed by atoms with Crippen LogP contribution in [0.5, 0.6) is 5.88 Å². The maximum Gasteiger partial charge on any atom is 0.434 e. The van der Waals surface area contributed by atoms with Gasteiger partial charge in [0.15, 0.2) is 11.5 Å². The Labute approximate surface area is 238 Å². The molecule has 0 saturated heterocycles. The second-order valence-electron chi connectivity index (χ2n) is 10.8. The van der Waals surface area contributed by atoms with Crippen LogP contribution in [0.15, 0.2) is 30.7 Å². The molecular weight excluding hydrogens is 556 g/mol. The molecule has 1 aromatic carbocycles. The number of imidazole rings is 1. The molecule has 10 nitrogen and oxygen atoms in total. The van der Waals surface area contributed by atoms with Gasteiger partial charge >= 0.3 is 6.18 Å². The maximum atomic E-state index is 15.5. The highest BCUT2D eigenvalue weighted by Crippen LogP contribution is 2.45. The maximum absolute atomic E-state index is 15.5. The van der Waals surface area contributed by atoms with Crippen molar-refractivity contribution in [2.75, 3.05) is 12.0 Å². The summed E-state index contributed by atoms with van der Waals surface area (Å²) in [5, 5.41) is 4.66. The lowest BCUT2D eigenvalue weighted by atomic mass is 10.0. The van der Waals surface area contributed by atoms with Crippen molar-refractivity contribution in [2.24, 2.45) is 0 Å². The van der Waals surface area contributed by atoms with Gasteiger partial charge in [0, 0.05) is 24.6 Å². The highest BCUT2D eigenvalue weighted by molar-refractivity contribution is 5.94. The fraction of sp³-hybridized carbons (Fsp3) is 0.429. The predicted molar refractivity (Wildman–Crippen MR) is 143 cm³/mol. The predicted octanol–water partition coefficient (Wildman–Crippen LogP) is 5.72. The zero-order chi connectivity index (χ0) is 29.9. The Kier molecular flexibility index (Phi) is 6.73. The molecule has 0 N–H and O–H groups in total. The van der Waals surface area contributed by atoms with Crippen molar-refractivity contribution in [3.05, 3.63) is 53.5 Å². The van der Waals surface area contributed by atoms with Crippen molar-refractivity contribution in [3.8, 4) is 28.7 Å². The number of amides is 1. The molecule has 0 radical (unpaired) electrons. The van der Waals surface area contributed by atoms with Gasteiger partial charge in [-0.25, -0.2) is 24.0 Å². The van der Waals surface area contributed by atoms with Gasteiger partial charge in [-0.05, 0) is 51.3 Å². The Balaban J connectivity index is 1.36. The van der Waals surface area contributed by atoms with Crippen molar-refractivity contribution in [3.63, 3.8) is 0 Å². The normalized spacial score (nSPS) is 16.2. The smallest absolute Gasteiger partial charge is 0.434 e. The second-order valence-corrected chi connectivity index (χ2v) is 10.8. The third kappa shape index (κ3) is 4.77. The minimum Gasteiger partial charge on any atom is -0.480 e. The van der Waals surface area contributed by atoms with Crippen LogP contribution in [0.25, 0.3) is 22.8 Å². The molecule has 4 aromatic rings. The van der Waals surface area contributed by atoms with Crippen molar-refractivity contribution in [1.82, 2.24) is 34.3 Å². The molecule has 0 spiro atoms. The van der Waals surface area contributed by atoms with E-state index in [1.54, 1.807) is 31.5 Å². The average Bonchev–Trinajstić information content (AvgIpc) is 3.54. The van der Waals surface area contributed by atoms with Crippen molar-refractivity contribution in [2.45, 2.75) is 70.8 Å². The van der Waals surface area contributed by atoms with Crippen LogP contribution in [0.1, 0.15) is 75.0 Å². The Morgan fingerprint density at radius 1 is 1.10 bits per heavy atom. The first-order chi connectivity index (χ1) is 20.0. The van der Waals surface area contributed by atoms with Crippen molar-refractivity contribution >= 4 is 11.9 Å². The number of fused-ring (bicyclic) bond motifs is 1. The summed E-state index contributed by atoms with van der Waals surface area (Å²) in [7, 11) is 1.51. The lowest BCUT2D eigenvalue weighted by Gasteiger charge is -2.31. The van der Waals surface area contributed by atoms with Crippen LogP contribution in [0.4, 0.5) is 23.5 Å². The fourth-order valence-electron chi connectivity index (χ4n) is 5.25. The monoisotopic (exact) mass is 584 g/mol.